The molecule has 6 nitrogen and oxygen atoms in total. The Labute approximate surface area is 501 Å². The van der Waals surface area contributed by atoms with Crippen LogP contribution in [0.4, 0.5) is 0 Å². The molecule has 0 N–H and O–H groups in total. The highest BCUT2D eigenvalue weighted by Crippen LogP contribution is 2.40. The summed E-state index contributed by atoms with van der Waals surface area (Å²) < 4.78 is 5.06. The Morgan fingerprint density at radius 1 is 0.163 bits per heavy atom. The fraction of sp³-hybridized carbons (Fsp3) is 0. The molecule has 0 amide bonds. The first kappa shape index (κ1) is 49.7. The Morgan fingerprint density at radius 3 is 0.953 bits per heavy atom. The first-order valence-corrected chi connectivity index (χ1v) is 30.4. The Kier molecular flexibility index (Phi) is 11.8. The van der Waals surface area contributed by atoms with Gasteiger partial charge in [0.1, 0.15) is 0 Å². The molecule has 18 rings (SSSR count). The second-order valence-corrected chi connectivity index (χ2v) is 23.9. The minimum atomic E-state index is 0.666. The van der Waals surface area contributed by atoms with Gasteiger partial charge in [0.05, 0.1) is 0 Å². The molecule has 8 heteroatoms. The van der Waals surface area contributed by atoms with Crippen molar-refractivity contribution in [1.82, 2.24) is 29.9 Å². The van der Waals surface area contributed by atoms with Gasteiger partial charge in [0, 0.05) is 73.7 Å². The molecular formula is C78H46N6S2. The van der Waals surface area contributed by atoms with E-state index in [9.17, 15) is 0 Å². The van der Waals surface area contributed by atoms with E-state index in [1.54, 1.807) is 11.3 Å². The van der Waals surface area contributed by atoms with Gasteiger partial charge in [-0.1, -0.05) is 231 Å². The molecule has 400 valence electrons. The molecule has 18 aromatic rings. The van der Waals surface area contributed by atoms with Crippen LogP contribution >= 0.6 is 22.7 Å². The number of thiophene rings is 2. The van der Waals surface area contributed by atoms with Crippen LogP contribution in [-0.2, 0) is 0 Å². The summed E-state index contributed by atoms with van der Waals surface area (Å²) in [5, 5.41) is 19.9. The molecule has 0 atom stereocenters. The van der Waals surface area contributed by atoms with Gasteiger partial charge in [0.15, 0.2) is 34.9 Å². The van der Waals surface area contributed by atoms with Gasteiger partial charge in [-0.15, -0.1) is 22.7 Å². The van der Waals surface area contributed by atoms with Crippen LogP contribution in [-0.4, -0.2) is 29.9 Å². The van der Waals surface area contributed by atoms with Crippen molar-refractivity contribution in [2.75, 3.05) is 0 Å². The monoisotopic (exact) mass is 1130 g/mol. The lowest BCUT2D eigenvalue weighted by Crippen LogP contribution is -2.00. The number of aromatic nitrogens is 6. The summed E-state index contributed by atoms with van der Waals surface area (Å²) in [6, 6.07) is 98.5. The van der Waals surface area contributed by atoms with Crippen molar-refractivity contribution in [3.8, 4) is 68.3 Å². The fourth-order valence-electron chi connectivity index (χ4n) is 12.4. The molecule has 0 aliphatic heterocycles. The van der Waals surface area contributed by atoms with Crippen molar-refractivity contribution in [1.29, 1.82) is 0 Å². The van der Waals surface area contributed by atoms with Crippen LogP contribution in [0.3, 0.4) is 0 Å². The summed E-state index contributed by atoms with van der Waals surface area (Å²) in [4.78, 5) is 30.1. The van der Waals surface area contributed by atoms with Gasteiger partial charge >= 0.3 is 0 Å². The summed E-state index contributed by atoms with van der Waals surface area (Å²) >= 11 is 3.62. The highest BCUT2D eigenvalue weighted by Gasteiger charge is 2.18. The zero-order valence-corrected chi connectivity index (χ0v) is 47.7. The molecule has 86 heavy (non-hydrogen) atoms. The Hall–Kier alpha value is -10.9. The van der Waals surface area contributed by atoms with E-state index < -0.39 is 0 Å². The SMILES string of the molecule is c1ccc(-c2nc(-c3ccc4c(ccc5c6ccccc6ccc45)c3)nc(-c3ccc4c(c3)sc3ccccc34)n2)cc1.c1ccc(-c2nc(-c3ccc4c(ccc5c6ccccc6ccc45)c3)nc(-c3ccc4sc5ccccc5c4c3)n2)cc1. The predicted octanol–water partition coefficient (Wildman–Crippen LogP) is 21.4. The number of hydrogen-bond acceptors (Lipinski definition) is 8. The quantitative estimate of drug-likeness (QED) is 0.154. The molecule has 0 saturated heterocycles. The maximum absolute atomic E-state index is 5.06. The van der Waals surface area contributed by atoms with E-state index in [1.807, 2.05) is 47.7 Å². The van der Waals surface area contributed by atoms with Gasteiger partial charge in [0.25, 0.3) is 0 Å². The third-order valence-corrected chi connectivity index (χ3v) is 18.9. The van der Waals surface area contributed by atoms with Crippen molar-refractivity contribution < 1.29 is 0 Å². The highest BCUT2D eigenvalue weighted by molar-refractivity contribution is 7.26. The average Bonchev–Trinajstić information content (AvgIpc) is 1.93. The summed E-state index contributed by atoms with van der Waals surface area (Å²) in [5.41, 5.74) is 5.84. The second-order valence-electron chi connectivity index (χ2n) is 21.7. The van der Waals surface area contributed by atoms with E-state index in [4.69, 9.17) is 29.9 Å². The van der Waals surface area contributed by atoms with Crippen LogP contribution in [0, 0.1) is 0 Å². The van der Waals surface area contributed by atoms with E-state index in [1.165, 1.54) is 94.2 Å². The van der Waals surface area contributed by atoms with Gasteiger partial charge in [0.2, 0.25) is 0 Å². The van der Waals surface area contributed by atoms with E-state index in [0.29, 0.717) is 34.9 Å². The Morgan fingerprint density at radius 2 is 0.465 bits per heavy atom. The second kappa shape index (κ2) is 20.5. The number of fused-ring (bicyclic) bond motifs is 16. The molecule has 14 aromatic carbocycles. The number of hydrogen-bond donors (Lipinski definition) is 0. The number of nitrogens with zero attached hydrogens (tertiary/aromatic N) is 6. The van der Waals surface area contributed by atoms with Gasteiger partial charge in [-0.2, -0.15) is 0 Å². The zero-order chi connectivity index (χ0) is 56.7. The molecule has 4 aromatic heterocycles. The molecular weight excluding hydrogens is 1090 g/mol. The van der Waals surface area contributed by atoms with Gasteiger partial charge in [-0.05, 0) is 113 Å². The highest BCUT2D eigenvalue weighted by atomic mass is 32.1. The normalized spacial score (nSPS) is 11.7. The Balaban J connectivity index is 0.000000134. The van der Waals surface area contributed by atoms with E-state index >= 15 is 0 Å². The van der Waals surface area contributed by atoms with E-state index in [0.717, 1.165) is 44.2 Å². The maximum atomic E-state index is 5.06. The summed E-state index contributed by atoms with van der Waals surface area (Å²) in [5.74, 6) is 4.02. The number of rotatable bonds is 6. The first-order valence-electron chi connectivity index (χ1n) is 28.7. The first-order chi connectivity index (χ1) is 42.6. The minimum absolute atomic E-state index is 0.666. The maximum Gasteiger partial charge on any atom is 0.164 e. The molecule has 0 saturated carbocycles. The smallest absolute Gasteiger partial charge is 0.164 e. The average molecular weight is 1130 g/mol. The summed E-state index contributed by atoms with van der Waals surface area (Å²) in [7, 11) is 0. The molecule has 0 spiro atoms. The standard InChI is InChI=1S/2C39H23N3S/c1-2-9-25(10-3-1)37-40-38(42-39(41-37)28-17-21-36-34(23-28)33-12-6-7-13-35(33)43-36)27-16-18-30-26(22-27)15-20-31-29-11-5-4-8-24(29)14-19-32(30)31;1-2-9-25(10-3-1)37-40-38(42-39(41-37)28-17-21-34-33-12-6-7-13-35(33)43-36(34)23-28)27-16-18-30-26(22-27)15-20-31-29-11-5-4-8-24(29)14-19-32(30)31/h2*1-23H. The van der Waals surface area contributed by atoms with Crippen molar-refractivity contribution in [2.45, 2.75) is 0 Å². The summed E-state index contributed by atoms with van der Waals surface area (Å²) in [6.45, 7) is 0. The van der Waals surface area contributed by atoms with Gasteiger partial charge in [-0.25, -0.2) is 29.9 Å². The largest absolute Gasteiger partial charge is 0.208 e. The summed E-state index contributed by atoms with van der Waals surface area (Å²) in [6.07, 6.45) is 0. The van der Waals surface area contributed by atoms with E-state index in [-0.39, 0.29) is 0 Å². The number of benzene rings is 14. The van der Waals surface area contributed by atoms with Crippen LogP contribution in [0.1, 0.15) is 0 Å². The molecule has 0 aliphatic carbocycles. The lowest BCUT2D eigenvalue weighted by Gasteiger charge is -2.11. The fourth-order valence-corrected chi connectivity index (χ4v) is 14.6. The van der Waals surface area contributed by atoms with Crippen molar-refractivity contribution in [3.63, 3.8) is 0 Å². The molecule has 0 bridgehead atoms. The molecule has 0 unspecified atom stereocenters. The van der Waals surface area contributed by atoms with Gasteiger partial charge in [-0.3, -0.25) is 0 Å². The van der Waals surface area contributed by atoms with Crippen molar-refractivity contribution in [2.24, 2.45) is 0 Å². The Bertz CT molecular complexity index is 5730. The van der Waals surface area contributed by atoms with Crippen LogP contribution in [0.25, 0.3) is 173 Å². The third-order valence-electron chi connectivity index (χ3n) is 16.6. The molecule has 0 fully saturated rings. The predicted molar refractivity (Wildman–Crippen MR) is 363 cm³/mol. The third kappa shape index (κ3) is 8.69. The van der Waals surface area contributed by atoms with Crippen LogP contribution in [0.2, 0.25) is 0 Å². The lowest BCUT2D eigenvalue weighted by molar-refractivity contribution is 1.07. The van der Waals surface area contributed by atoms with Gasteiger partial charge < -0.3 is 0 Å². The van der Waals surface area contributed by atoms with E-state index in [2.05, 4.69) is 243 Å². The van der Waals surface area contributed by atoms with Crippen LogP contribution in [0.5, 0.6) is 0 Å². The lowest BCUT2D eigenvalue weighted by atomic mass is 9.96. The topological polar surface area (TPSA) is 77.3 Å². The van der Waals surface area contributed by atoms with Crippen LogP contribution in [0.15, 0.2) is 279 Å². The van der Waals surface area contributed by atoms with Crippen molar-refractivity contribution in [3.05, 3.63) is 279 Å². The minimum Gasteiger partial charge on any atom is -0.208 e. The molecule has 0 radical (unpaired) electrons. The van der Waals surface area contributed by atoms with Crippen LogP contribution < -0.4 is 0 Å². The zero-order valence-electron chi connectivity index (χ0n) is 46.1. The molecule has 0 aliphatic rings. The van der Waals surface area contributed by atoms with Crippen molar-refractivity contribution >= 4 is 128 Å². The molecule has 4 heterocycles.